The number of carbonyl (C=O) groups excluding carboxylic acids is 1. The Labute approximate surface area is 96.4 Å². The molecule has 4 nitrogen and oxygen atoms in total. The van der Waals surface area contributed by atoms with Gasteiger partial charge < -0.3 is 15.4 Å². The van der Waals surface area contributed by atoms with E-state index in [1.165, 1.54) is 0 Å². The van der Waals surface area contributed by atoms with Crippen LogP contribution in [0.2, 0.25) is 0 Å². The van der Waals surface area contributed by atoms with Crippen LogP contribution in [0.25, 0.3) is 0 Å². The van der Waals surface area contributed by atoms with Gasteiger partial charge in [0.1, 0.15) is 0 Å². The summed E-state index contributed by atoms with van der Waals surface area (Å²) in [6.45, 7) is 5.14. The Balaban J connectivity index is 1.81. The van der Waals surface area contributed by atoms with Gasteiger partial charge in [-0.15, -0.1) is 0 Å². The molecule has 1 fully saturated rings. The maximum absolute atomic E-state index is 11.2. The molecule has 2 aliphatic rings. The fraction of sp³-hybridized carbons (Fsp3) is 0.750. The van der Waals surface area contributed by atoms with Gasteiger partial charge >= 0.3 is 6.09 Å². The number of fused-ring (bicyclic) bond motifs is 1. The van der Waals surface area contributed by atoms with Gasteiger partial charge in [-0.1, -0.05) is 12.2 Å². The van der Waals surface area contributed by atoms with E-state index in [-0.39, 0.29) is 6.09 Å². The van der Waals surface area contributed by atoms with Crippen molar-refractivity contribution in [2.45, 2.75) is 13.3 Å². The number of hydrogen-bond donors (Lipinski definition) is 2. The highest BCUT2D eigenvalue weighted by atomic mass is 16.5. The molecule has 1 heterocycles. The van der Waals surface area contributed by atoms with Crippen LogP contribution in [0.1, 0.15) is 13.3 Å². The Morgan fingerprint density at radius 3 is 3.25 bits per heavy atom. The Hall–Kier alpha value is -1.03. The number of alkyl carbamates (subject to hydrolysis) is 1. The maximum atomic E-state index is 11.2. The van der Waals surface area contributed by atoms with Crippen LogP contribution in [0, 0.1) is 17.8 Å². The topological polar surface area (TPSA) is 50.4 Å². The van der Waals surface area contributed by atoms with Crippen LogP contribution in [0.3, 0.4) is 0 Å². The summed E-state index contributed by atoms with van der Waals surface area (Å²) in [5, 5.41) is 6.25. The average molecular weight is 224 g/mol. The fourth-order valence-electron chi connectivity index (χ4n) is 2.68. The van der Waals surface area contributed by atoms with Gasteiger partial charge in [-0.3, -0.25) is 0 Å². The molecular weight excluding hydrogens is 204 g/mol. The fourth-order valence-corrected chi connectivity index (χ4v) is 2.68. The Morgan fingerprint density at radius 2 is 2.44 bits per heavy atom. The minimum atomic E-state index is -0.292. The highest BCUT2D eigenvalue weighted by molar-refractivity contribution is 5.67. The Kier molecular flexibility index (Phi) is 3.83. The Morgan fingerprint density at radius 1 is 1.56 bits per heavy atom. The van der Waals surface area contributed by atoms with Crippen LogP contribution < -0.4 is 10.6 Å². The largest absolute Gasteiger partial charge is 0.450 e. The molecule has 0 spiro atoms. The van der Waals surface area contributed by atoms with E-state index >= 15 is 0 Å². The van der Waals surface area contributed by atoms with Crippen molar-refractivity contribution in [1.82, 2.24) is 10.6 Å². The summed E-state index contributed by atoms with van der Waals surface area (Å²) < 4.78 is 4.86. The first kappa shape index (κ1) is 11.5. The van der Waals surface area contributed by atoms with Crippen molar-refractivity contribution in [2.75, 3.05) is 26.2 Å². The lowest BCUT2D eigenvalue weighted by molar-refractivity contribution is 0.147. The van der Waals surface area contributed by atoms with E-state index in [0.717, 1.165) is 26.1 Å². The van der Waals surface area contributed by atoms with E-state index in [1.54, 1.807) is 0 Å². The van der Waals surface area contributed by atoms with Crippen molar-refractivity contribution in [2.24, 2.45) is 17.8 Å². The van der Waals surface area contributed by atoms with Crippen molar-refractivity contribution in [3.63, 3.8) is 0 Å². The first-order valence-corrected chi connectivity index (χ1v) is 6.09. The summed E-state index contributed by atoms with van der Waals surface area (Å²) in [4.78, 5) is 11.2. The zero-order chi connectivity index (χ0) is 11.4. The van der Waals surface area contributed by atoms with Crippen LogP contribution in [0.5, 0.6) is 0 Å². The summed E-state index contributed by atoms with van der Waals surface area (Å²) in [6.07, 6.45) is 5.33. The molecule has 0 aromatic heterocycles. The lowest BCUT2D eigenvalue weighted by Gasteiger charge is -2.29. The monoisotopic (exact) mass is 224 g/mol. The van der Waals surface area contributed by atoms with E-state index in [1.807, 2.05) is 6.92 Å². The van der Waals surface area contributed by atoms with Gasteiger partial charge in [0.05, 0.1) is 6.61 Å². The second-order valence-corrected chi connectivity index (χ2v) is 4.51. The summed E-state index contributed by atoms with van der Waals surface area (Å²) in [5.41, 5.74) is 0. The second-order valence-electron chi connectivity index (χ2n) is 4.51. The third kappa shape index (κ3) is 2.55. The van der Waals surface area contributed by atoms with Crippen LogP contribution in [0.4, 0.5) is 4.79 Å². The summed E-state index contributed by atoms with van der Waals surface area (Å²) in [7, 11) is 0. The standard InChI is InChI=1S/C12H20N2O2/c1-2-16-12(15)14-7-10-5-3-4-9-6-13-8-11(9)10/h3-4,9-11,13H,2,5-8H2,1H3,(H,14,15)/t9?,10-,11?/m0/s1. The molecule has 1 aliphatic heterocycles. The molecule has 2 unspecified atom stereocenters. The number of allylic oxidation sites excluding steroid dienone is 1. The molecule has 1 aliphatic carbocycles. The molecule has 0 bridgehead atoms. The summed E-state index contributed by atoms with van der Waals surface area (Å²) in [5.74, 6) is 1.88. The molecule has 2 N–H and O–H groups in total. The van der Waals surface area contributed by atoms with Crippen molar-refractivity contribution < 1.29 is 9.53 Å². The molecule has 16 heavy (non-hydrogen) atoms. The van der Waals surface area contributed by atoms with Crippen molar-refractivity contribution in [1.29, 1.82) is 0 Å². The molecule has 0 saturated carbocycles. The third-order valence-corrected chi connectivity index (χ3v) is 3.52. The third-order valence-electron chi connectivity index (χ3n) is 3.52. The number of rotatable bonds is 3. The van der Waals surface area contributed by atoms with Gasteiger partial charge in [-0.2, -0.15) is 0 Å². The molecule has 3 atom stereocenters. The molecule has 2 rings (SSSR count). The number of nitrogens with one attached hydrogen (secondary N) is 2. The van der Waals surface area contributed by atoms with E-state index in [9.17, 15) is 4.79 Å². The van der Waals surface area contributed by atoms with Gasteiger partial charge in [0.25, 0.3) is 0 Å². The lowest BCUT2D eigenvalue weighted by Crippen LogP contribution is -2.36. The van der Waals surface area contributed by atoms with E-state index in [4.69, 9.17) is 4.74 Å². The van der Waals surface area contributed by atoms with Gasteiger partial charge in [0.15, 0.2) is 0 Å². The van der Waals surface area contributed by atoms with E-state index in [0.29, 0.717) is 24.4 Å². The van der Waals surface area contributed by atoms with Crippen molar-refractivity contribution in [3.05, 3.63) is 12.2 Å². The smallest absolute Gasteiger partial charge is 0.407 e. The van der Waals surface area contributed by atoms with Gasteiger partial charge in [-0.25, -0.2) is 4.79 Å². The van der Waals surface area contributed by atoms with Crippen LogP contribution in [0.15, 0.2) is 12.2 Å². The van der Waals surface area contributed by atoms with Crippen molar-refractivity contribution >= 4 is 6.09 Å². The molecule has 90 valence electrons. The van der Waals surface area contributed by atoms with Gasteiger partial charge in [0.2, 0.25) is 0 Å². The zero-order valence-corrected chi connectivity index (χ0v) is 9.74. The molecule has 0 radical (unpaired) electrons. The lowest BCUT2D eigenvalue weighted by atomic mass is 9.78. The van der Waals surface area contributed by atoms with Crippen LogP contribution >= 0.6 is 0 Å². The normalized spacial score (nSPS) is 32.2. The zero-order valence-electron chi connectivity index (χ0n) is 9.74. The number of ether oxygens (including phenoxy) is 1. The maximum Gasteiger partial charge on any atom is 0.407 e. The average Bonchev–Trinajstić information content (AvgIpc) is 2.75. The van der Waals surface area contributed by atoms with Crippen molar-refractivity contribution in [3.8, 4) is 0 Å². The second kappa shape index (κ2) is 5.34. The highest BCUT2D eigenvalue weighted by Crippen LogP contribution is 2.32. The number of amides is 1. The first-order chi connectivity index (χ1) is 7.81. The quantitative estimate of drug-likeness (QED) is 0.707. The van der Waals surface area contributed by atoms with Gasteiger partial charge in [-0.05, 0) is 37.6 Å². The number of carbonyl (C=O) groups is 1. The van der Waals surface area contributed by atoms with Crippen LogP contribution in [-0.4, -0.2) is 32.3 Å². The molecular formula is C12H20N2O2. The molecule has 0 aromatic carbocycles. The number of hydrogen-bond acceptors (Lipinski definition) is 3. The van der Waals surface area contributed by atoms with E-state index < -0.39 is 0 Å². The minimum Gasteiger partial charge on any atom is -0.450 e. The SMILES string of the molecule is CCOC(=O)NC[C@@H]1CC=CC2CNCC21. The molecule has 1 saturated heterocycles. The highest BCUT2D eigenvalue weighted by Gasteiger charge is 2.33. The van der Waals surface area contributed by atoms with Gasteiger partial charge in [0, 0.05) is 13.1 Å². The first-order valence-electron chi connectivity index (χ1n) is 6.09. The van der Waals surface area contributed by atoms with E-state index in [2.05, 4.69) is 22.8 Å². The molecule has 0 aromatic rings. The molecule has 1 amide bonds. The predicted molar refractivity (Wildman–Crippen MR) is 62.1 cm³/mol. The predicted octanol–water partition coefficient (Wildman–Crippen LogP) is 1.14. The minimum absolute atomic E-state index is 0.292. The summed E-state index contributed by atoms with van der Waals surface area (Å²) in [6, 6.07) is 0. The summed E-state index contributed by atoms with van der Waals surface area (Å²) >= 11 is 0. The molecule has 4 heteroatoms. The Bertz CT molecular complexity index is 278. The van der Waals surface area contributed by atoms with Crippen LogP contribution in [-0.2, 0) is 4.74 Å².